The molecule has 0 N–H and O–H groups in total. The van der Waals surface area contributed by atoms with E-state index in [0.717, 1.165) is 58.2 Å². The van der Waals surface area contributed by atoms with E-state index < -0.39 is 0 Å². The molecule has 1 aliphatic carbocycles. The number of furan rings is 1. The molecule has 126 valence electrons. The number of rotatable bonds is 3. The van der Waals surface area contributed by atoms with E-state index >= 15 is 0 Å². The molecule has 1 unspecified atom stereocenters. The van der Waals surface area contributed by atoms with Crippen LogP contribution in [0.5, 0.6) is 0 Å². The molecule has 4 rings (SSSR count). The monoisotopic (exact) mass is 318 g/mol. The van der Waals surface area contributed by atoms with Crippen molar-refractivity contribution in [1.29, 1.82) is 0 Å². The van der Waals surface area contributed by atoms with Crippen LogP contribution >= 0.6 is 0 Å². The average Bonchev–Trinajstić information content (AvgIpc) is 3.24. The van der Waals surface area contributed by atoms with Crippen molar-refractivity contribution in [2.24, 2.45) is 11.3 Å². The van der Waals surface area contributed by atoms with Gasteiger partial charge in [-0.2, -0.15) is 0 Å². The third kappa shape index (κ3) is 3.45. The van der Waals surface area contributed by atoms with Gasteiger partial charge in [-0.15, -0.1) is 0 Å². The second-order valence-electron chi connectivity index (χ2n) is 7.57. The maximum Gasteiger partial charge on any atom is 0.257 e. The SMILES string of the molecule is O=C(c1ccoc1)N1CCCC2(COCCN(CC3CC3)C2)C1. The van der Waals surface area contributed by atoms with Gasteiger partial charge in [0.15, 0.2) is 0 Å². The van der Waals surface area contributed by atoms with Crippen LogP contribution < -0.4 is 0 Å². The first-order chi connectivity index (χ1) is 11.2. The van der Waals surface area contributed by atoms with Gasteiger partial charge in [0.1, 0.15) is 6.26 Å². The van der Waals surface area contributed by atoms with Crippen LogP contribution in [-0.4, -0.2) is 61.6 Å². The van der Waals surface area contributed by atoms with Gasteiger partial charge in [0.05, 0.1) is 25.0 Å². The van der Waals surface area contributed by atoms with E-state index in [1.165, 1.54) is 19.4 Å². The Hall–Kier alpha value is -1.33. The van der Waals surface area contributed by atoms with E-state index in [-0.39, 0.29) is 11.3 Å². The summed E-state index contributed by atoms with van der Waals surface area (Å²) in [6.45, 7) is 6.56. The predicted octanol–water partition coefficient (Wildman–Crippen LogP) is 2.24. The fourth-order valence-electron chi connectivity index (χ4n) is 4.10. The van der Waals surface area contributed by atoms with Crippen LogP contribution in [0.3, 0.4) is 0 Å². The van der Waals surface area contributed by atoms with Crippen LogP contribution in [-0.2, 0) is 4.74 Å². The highest BCUT2D eigenvalue weighted by Gasteiger charge is 2.41. The van der Waals surface area contributed by atoms with Crippen molar-refractivity contribution in [3.8, 4) is 0 Å². The highest BCUT2D eigenvalue weighted by molar-refractivity contribution is 5.93. The molecule has 3 heterocycles. The number of carbonyl (C=O) groups is 1. The van der Waals surface area contributed by atoms with E-state index in [2.05, 4.69) is 4.90 Å². The quantitative estimate of drug-likeness (QED) is 0.857. The maximum absolute atomic E-state index is 12.7. The van der Waals surface area contributed by atoms with Crippen molar-refractivity contribution in [2.75, 3.05) is 45.9 Å². The summed E-state index contributed by atoms with van der Waals surface area (Å²) in [4.78, 5) is 17.2. The average molecular weight is 318 g/mol. The molecule has 3 fully saturated rings. The van der Waals surface area contributed by atoms with Crippen LogP contribution in [0.15, 0.2) is 23.0 Å². The number of hydrogen-bond donors (Lipinski definition) is 0. The summed E-state index contributed by atoms with van der Waals surface area (Å²) in [6, 6.07) is 1.76. The molecule has 5 nitrogen and oxygen atoms in total. The summed E-state index contributed by atoms with van der Waals surface area (Å²) < 4.78 is 11.0. The third-order valence-corrected chi connectivity index (χ3v) is 5.45. The smallest absolute Gasteiger partial charge is 0.257 e. The molecular formula is C18H26N2O3. The topological polar surface area (TPSA) is 45.9 Å². The minimum Gasteiger partial charge on any atom is -0.472 e. The fraction of sp³-hybridized carbons (Fsp3) is 0.722. The Morgan fingerprint density at radius 3 is 3.00 bits per heavy atom. The van der Waals surface area contributed by atoms with Crippen molar-refractivity contribution in [3.05, 3.63) is 24.2 Å². The van der Waals surface area contributed by atoms with Gasteiger partial charge in [-0.3, -0.25) is 4.79 Å². The molecule has 1 amide bonds. The van der Waals surface area contributed by atoms with Gasteiger partial charge in [0, 0.05) is 38.1 Å². The lowest BCUT2D eigenvalue weighted by molar-refractivity contribution is 0.00715. The van der Waals surface area contributed by atoms with Crippen LogP contribution in [0.1, 0.15) is 36.0 Å². The van der Waals surface area contributed by atoms with Crippen LogP contribution in [0.4, 0.5) is 0 Å². The van der Waals surface area contributed by atoms with Gasteiger partial charge < -0.3 is 19.0 Å². The van der Waals surface area contributed by atoms with Crippen molar-refractivity contribution in [2.45, 2.75) is 25.7 Å². The number of carbonyl (C=O) groups excluding carboxylic acids is 1. The lowest BCUT2D eigenvalue weighted by Gasteiger charge is -2.43. The third-order valence-electron chi connectivity index (χ3n) is 5.45. The molecule has 0 bridgehead atoms. The summed E-state index contributed by atoms with van der Waals surface area (Å²) in [5.74, 6) is 0.994. The molecule has 2 saturated heterocycles. The van der Waals surface area contributed by atoms with Gasteiger partial charge in [-0.25, -0.2) is 0 Å². The van der Waals surface area contributed by atoms with E-state index in [4.69, 9.17) is 9.15 Å². The highest BCUT2D eigenvalue weighted by atomic mass is 16.5. The molecule has 3 aliphatic rings. The number of amides is 1. The molecule has 2 aliphatic heterocycles. The zero-order chi connectivity index (χ0) is 15.7. The predicted molar refractivity (Wildman–Crippen MR) is 86.3 cm³/mol. The first-order valence-corrected chi connectivity index (χ1v) is 8.86. The molecule has 1 atom stereocenters. The Balaban J connectivity index is 1.46. The minimum atomic E-state index is 0.0933. The van der Waals surface area contributed by atoms with Crippen molar-refractivity contribution >= 4 is 5.91 Å². The molecule has 5 heteroatoms. The second kappa shape index (κ2) is 6.29. The Morgan fingerprint density at radius 1 is 1.30 bits per heavy atom. The Kier molecular flexibility index (Phi) is 4.16. The van der Waals surface area contributed by atoms with Crippen molar-refractivity contribution < 1.29 is 13.9 Å². The standard InChI is InChI=1S/C18H26N2O3/c21-17(16-4-8-22-11-16)20-6-1-5-18(13-20)12-19(7-9-23-14-18)10-15-2-3-15/h4,8,11,15H,1-3,5-7,9-10,12-14H2. The molecule has 1 spiro atoms. The Morgan fingerprint density at radius 2 is 2.22 bits per heavy atom. The van der Waals surface area contributed by atoms with Crippen molar-refractivity contribution in [3.63, 3.8) is 0 Å². The molecule has 1 aromatic heterocycles. The van der Waals surface area contributed by atoms with E-state index in [1.54, 1.807) is 18.6 Å². The first kappa shape index (κ1) is 15.2. The Bertz CT molecular complexity index is 540. The number of ether oxygens (including phenoxy) is 1. The molecule has 1 saturated carbocycles. The molecular weight excluding hydrogens is 292 g/mol. The lowest BCUT2D eigenvalue weighted by atomic mass is 9.80. The summed E-state index contributed by atoms with van der Waals surface area (Å²) >= 11 is 0. The number of nitrogens with zero attached hydrogens (tertiary/aromatic N) is 2. The van der Waals surface area contributed by atoms with Gasteiger partial charge in [0.25, 0.3) is 5.91 Å². The second-order valence-corrected chi connectivity index (χ2v) is 7.57. The number of piperidine rings is 1. The molecule has 0 aromatic carbocycles. The van der Waals surface area contributed by atoms with Crippen LogP contribution in [0, 0.1) is 11.3 Å². The lowest BCUT2D eigenvalue weighted by Crippen LogP contribution is -2.52. The normalized spacial score (nSPS) is 29.7. The van der Waals surface area contributed by atoms with Gasteiger partial charge in [-0.05, 0) is 37.7 Å². The van der Waals surface area contributed by atoms with Crippen LogP contribution in [0.25, 0.3) is 0 Å². The minimum absolute atomic E-state index is 0.0933. The fourth-order valence-corrected chi connectivity index (χ4v) is 4.10. The molecule has 23 heavy (non-hydrogen) atoms. The largest absolute Gasteiger partial charge is 0.472 e. The van der Waals surface area contributed by atoms with E-state index in [0.29, 0.717) is 5.56 Å². The molecule has 0 radical (unpaired) electrons. The number of hydrogen-bond acceptors (Lipinski definition) is 4. The summed E-state index contributed by atoms with van der Waals surface area (Å²) in [5.41, 5.74) is 0.759. The Labute approximate surface area is 137 Å². The maximum atomic E-state index is 12.7. The van der Waals surface area contributed by atoms with E-state index in [9.17, 15) is 4.79 Å². The van der Waals surface area contributed by atoms with Gasteiger partial charge in [-0.1, -0.05) is 0 Å². The van der Waals surface area contributed by atoms with Gasteiger partial charge in [0.2, 0.25) is 0 Å². The van der Waals surface area contributed by atoms with Crippen LogP contribution in [0.2, 0.25) is 0 Å². The summed E-state index contributed by atoms with van der Waals surface area (Å²) in [6.07, 6.45) is 8.10. The number of likely N-dealkylation sites (tertiary alicyclic amines) is 1. The zero-order valence-electron chi connectivity index (χ0n) is 13.7. The summed E-state index contributed by atoms with van der Waals surface area (Å²) in [7, 11) is 0. The van der Waals surface area contributed by atoms with Crippen molar-refractivity contribution in [1.82, 2.24) is 9.80 Å². The molecule has 1 aromatic rings. The zero-order valence-corrected chi connectivity index (χ0v) is 13.7. The van der Waals surface area contributed by atoms with E-state index in [1.807, 2.05) is 4.90 Å². The first-order valence-electron chi connectivity index (χ1n) is 8.86. The summed E-state index contributed by atoms with van der Waals surface area (Å²) in [5, 5.41) is 0. The van der Waals surface area contributed by atoms with Gasteiger partial charge >= 0.3 is 0 Å². The highest BCUT2D eigenvalue weighted by Crippen LogP contribution is 2.36.